The van der Waals surface area contributed by atoms with Crippen molar-refractivity contribution < 1.29 is 14.4 Å². The molecular weight excluding hydrogens is 366 g/mol. The van der Waals surface area contributed by atoms with Gasteiger partial charge in [0.2, 0.25) is 5.91 Å². The van der Waals surface area contributed by atoms with E-state index in [-0.39, 0.29) is 17.2 Å². The highest BCUT2D eigenvalue weighted by Gasteiger charge is 2.20. The van der Waals surface area contributed by atoms with E-state index in [1.54, 1.807) is 35.2 Å². The van der Waals surface area contributed by atoms with Gasteiger partial charge in [-0.1, -0.05) is 45.0 Å². The van der Waals surface area contributed by atoms with E-state index in [0.717, 1.165) is 24.1 Å². The fraction of sp³-hybridized carbons (Fsp3) is 0.348. The molecular formula is C23H27N3O3. The number of benzene rings is 2. The second-order valence-corrected chi connectivity index (χ2v) is 8.35. The maximum Gasteiger partial charge on any atom is 0.269 e. The van der Waals surface area contributed by atoms with Crippen LogP contribution >= 0.6 is 0 Å². The standard InChI is InChI=1S/C23H27N3O3/c1-23(2,3)19-11-9-17(10-12-19)21(28)24-25-22(29)18-7-4-6-16(14-18)15-26-13-5-8-20(26)27/h4,6-7,9-12,14H,5,8,13,15H2,1-3H3,(H,24,28)(H,25,29). The molecule has 0 aromatic heterocycles. The Bertz CT molecular complexity index is 914. The molecule has 0 unspecified atom stereocenters. The lowest BCUT2D eigenvalue weighted by atomic mass is 9.87. The SMILES string of the molecule is CC(C)(C)c1ccc(C(=O)NNC(=O)c2cccc(CN3CCCC3=O)c2)cc1. The fourth-order valence-electron chi connectivity index (χ4n) is 3.28. The molecule has 0 atom stereocenters. The van der Waals surface area contributed by atoms with Crippen LogP contribution in [0, 0.1) is 0 Å². The maximum absolute atomic E-state index is 12.4. The molecule has 3 rings (SSSR count). The average molecular weight is 393 g/mol. The van der Waals surface area contributed by atoms with Crippen molar-refractivity contribution in [2.75, 3.05) is 6.54 Å². The second-order valence-electron chi connectivity index (χ2n) is 8.35. The van der Waals surface area contributed by atoms with Gasteiger partial charge in [0.25, 0.3) is 11.8 Å². The topological polar surface area (TPSA) is 78.5 Å². The molecule has 1 fully saturated rings. The minimum atomic E-state index is -0.403. The summed E-state index contributed by atoms with van der Waals surface area (Å²) in [4.78, 5) is 38.3. The molecule has 0 bridgehead atoms. The zero-order chi connectivity index (χ0) is 21.0. The Morgan fingerprint density at radius 3 is 2.21 bits per heavy atom. The fourth-order valence-corrected chi connectivity index (χ4v) is 3.28. The number of nitrogens with zero attached hydrogens (tertiary/aromatic N) is 1. The molecule has 1 aliphatic heterocycles. The molecule has 1 aliphatic rings. The van der Waals surface area contributed by atoms with Crippen molar-refractivity contribution in [1.29, 1.82) is 0 Å². The van der Waals surface area contributed by atoms with E-state index in [1.165, 1.54) is 0 Å². The van der Waals surface area contributed by atoms with Gasteiger partial charge in [-0.3, -0.25) is 25.2 Å². The lowest BCUT2D eigenvalue weighted by Crippen LogP contribution is -2.41. The predicted octanol–water partition coefficient (Wildman–Crippen LogP) is 3.18. The third-order valence-electron chi connectivity index (χ3n) is 5.04. The summed E-state index contributed by atoms with van der Waals surface area (Å²) >= 11 is 0. The van der Waals surface area contributed by atoms with Crippen molar-refractivity contribution in [1.82, 2.24) is 15.8 Å². The molecule has 2 aromatic carbocycles. The van der Waals surface area contributed by atoms with Gasteiger partial charge in [0, 0.05) is 30.6 Å². The summed E-state index contributed by atoms with van der Waals surface area (Å²) in [7, 11) is 0. The monoisotopic (exact) mass is 393 g/mol. The Morgan fingerprint density at radius 1 is 0.966 bits per heavy atom. The second kappa shape index (κ2) is 8.47. The summed E-state index contributed by atoms with van der Waals surface area (Å²) in [5.74, 6) is -0.638. The van der Waals surface area contributed by atoms with Gasteiger partial charge in [0.1, 0.15) is 0 Å². The lowest BCUT2D eigenvalue weighted by Gasteiger charge is -2.19. The number of hydrogen-bond acceptors (Lipinski definition) is 3. The first-order chi connectivity index (χ1) is 13.7. The van der Waals surface area contributed by atoms with E-state index in [9.17, 15) is 14.4 Å². The van der Waals surface area contributed by atoms with E-state index >= 15 is 0 Å². The number of hydrogen-bond donors (Lipinski definition) is 2. The third-order valence-corrected chi connectivity index (χ3v) is 5.04. The summed E-state index contributed by atoms with van der Waals surface area (Å²) in [5.41, 5.74) is 7.83. The van der Waals surface area contributed by atoms with E-state index in [4.69, 9.17) is 0 Å². The number of likely N-dealkylation sites (tertiary alicyclic amines) is 1. The van der Waals surface area contributed by atoms with Gasteiger partial charge in [-0.15, -0.1) is 0 Å². The molecule has 2 aromatic rings. The van der Waals surface area contributed by atoms with Crippen molar-refractivity contribution in [2.24, 2.45) is 0 Å². The number of carbonyl (C=O) groups is 3. The average Bonchev–Trinajstić information content (AvgIpc) is 3.10. The molecule has 3 amide bonds. The quantitative estimate of drug-likeness (QED) is 0.783. The van der Waals surface area contributed by atoms with E-state index in [0.29, 0.717) is 24.1 Å². The molecule has 1 heterocycles. The van der Waals surface area contributed by atoms with Crippen molar-refractivity contribution in [3.8, 4) is 0 Å². The van der Waals surface area contributed by atoms with E-state index in [1.807, 2.05) is 18.2 Å². The molecule has 0 aliphatic carbocycles. The Balaban J connectivity index is 1.58. The minimum Gasteiger partial charge on any atom is -0.338 e. The molecule has 0 saturated carbocycles. The summed E-state index contributed by atoms with van der Waals surface area (Å²) in [6, 6.07) is 14.4. The molecule has 29 heavy (non-hydrogen) atoms. The Kier molecular flexibility index (Phi) is 6.01. The van der Waals surface area contributed by atoms with Gasteiger partial charge in [0.05, 0.1) is 0 Å². The largest absolute Gasteiger partial charge is 0.338 e. The van der Waals surface area contributed by atoms with Crippen LogP contribution in [0.5, 0.6) is 0 Å². The molecule has 0 radical (unpaired) electrons. The number of rotatable bonds is 4. The van der Waals surface area contributed by atoms with Crippen molar-refractivity contribution in [3.63, 3.8) is 0 Å². The first-order valence-electron chi connectivity index (χ1n) is 9.82. The maximum atomic E-state index is 12.4. The molecule has 1 saturated heterocycles. The number of hydrazine groups is 1. The zero-order valence-corrected chi connectivity index (χ0v) is 17.1. The highest BCUT2D eigenvalue weighted by molar-refractivity contribution is 5.99. The van der Waals surface area contributed by atoms with Crippen molar-refractivity contribution in [3.05, 3.63) is 70.8 Å². The summed E-state index contributed by atoms with van der Waals surface area (Å²) in [6.07, 6.45) is 1.46. The van der Waals surface area contributed by atoms with Crippen LogP contribution in [-0.4, -0.2) is 29.2 Å². The summed E-state index contributed by atoms with van der Waals surface area (Å²) < 4.78 is 0. The van der Waals surface area contributed by atoms with Crippen LogP contribution in [0.1, 0.15) is 65.5 Å². The molecule has 6 heteroatoms. The Morgan fingerprint density at radius 2 is 1.62 bits per heavy atom. The van der Waals surface area contributed by atoms with Crippen LogP contribution < -0.4 is 10.9 Å². The molecule has 152 valence electrons. The van der Waals surface area contributed by atoms with Crippen LogP contribution in [0.4, 0.5) is 0 Å². The number of carbonyl (C=O) groups excluding carboxylic acids is 3. The number of nitrogens with one attached hydrogen (secondary N) is 2. The minimum absolute atomic E-state index is 0.00786. The van der Waals surface area contributed by atoms with Gasteiger partial charge in [-0.2, -0.15) is 0 Å². The first-order valence-corrected chi connectivity index (χ1v) is 9.82. The third kappa shape index (κ3) is 5.22. The normalized spacial score (nSPS) is 14.0. The van der Waals surface area contributed by atoms with Crippen molar-refractivity contribution >= 4 is 17.7 Å². The van der Waals surface area contributed by atoms with Crippen LogP contribution in [0.2, 0.25) is 0 Å². The van der Waals surface area contributed by atoms with Gasteiger partial charge in [-0.25, -0.2) is 0 Å². The van der Waals surface area contributed by atoms with Gasteiger partial charge >= 0.3 is 0 Å². The van der Waals surface area contributed by atoms with Crippen LogP contribution in [0.3, 0.4) is 0 Å². The van der Waals surface area contributed by atoms with Crippen molar-refractivity contribution in [2.45, 2.75) is 45.6 Å². The summed E-state index contributed by atoms with van der Waals surface area (Å²) in [5, 5.41) is 0. The summed E-state index contributed by atoms with van der Waals surface area (Å²) in [6.45, 7) is 7.56. The highest BCUT2D eigenvalue weighted by atomic mass is 16.2. The van der Waals surface area contributed by atoms with Crippen LogP contribution in [0.25, 0.3) is 0 Å². The Hall–Kier alpha value is -3.15. The smallest absolute Gasteiger partial charge is 0.269 e. The Labute approximate surface area is 171 Å². The molecule has 6 nitrogen and oxygen atoms in total. The highest BCUT2D eigenvalue weighted by Crippen LogP contribution is 2.22. The first kappa shape index (κ1) is 20.6. The number of amides is 3. The van der Waals surface area contributed by atoms with Gasteiger partial charge < -0.3 is 4.90 Å². The van der Waals surface area contributed by atoms with Crippen LogP contribution in [-0.2, 0) is 16.8 Å². The van der Waals surface area contributed by atoms with Crippen LogP contribution in [0.15, 0.2) is 48.5 Å². The zero-order valence-electron chi connectivity index (χ0n) is 17.1. The van der Waals surface area contributed by atoms with E-state index < -0.39 is 5.91 Å². The van der Waals surface area contributed by atoms with E-state index in [2.05, 4.69) is 31.6 Å². The lowest BCUT2D eigenvalue weighted by molar-refractivity contribution is -0.128. The van der Waals surface area contributed by atoms with Gasteiger partial charge in [0.15, 0.2) is 0 Å². The predicted molar refractivity (Wildman–Crippen MR) is 111 cm³/mol. The van der Waals surface area contributed by atoms with Gasteiger partial charge in [-0.05, 0) is 47.2 Å². The molecule has 0 spiro atoms. The molecule has 2 N–H and O–H groups in total.